The molecule has 0 fully saturated rings. The summed E-state index contributed by atoms with van der Waals surface area (Å²) in [6, 6.07) is 11.9. The van der Waals surface area contributed by atoms with Crippen LogP contribution in [0.2, 0.25) is 0 Å². The van der Waals surface area contributed by atoms with E-state index in [1.165, 1.54) is 18.3 Å². The molecule has 2 heterocycles. The van der Waals surface area contributed by atoms with Crippen LogP contribution >= 0.6 is 0 Å². The maximum atomic E-state index is 12.3. The molecule has 1 aromatic carbocycles. The van der Waals surface area contributed by atoms with E-state index in [9.17, 15) is 8.42 Å². The molecule has 0 spiro atoms. The lowest BCUT2D eigenvalue weighted by Gasteiger charge is -2.09. The molecule has 9 heteroatoms. The Bertz CT molecular complexity index is 967. The minimum atomic E-state index is -3.78. The van der Waals surface area contributed by atoms with Crippen molar-refractivity contribution < 1.29 is 17.7 Å². The molecule has 2 aromatic heterocycles. The number of hydrogen-bond acceptors (Lipinski definition) is 7. The molecule has 0 bridgehead atoms. The number of ether oxygens (including phenoxy) is 1. The van der Waals surface area contributed by atoms with Crippen molar-refractivity contribution in [3.63, 3.8) is 0 Å². The average molecular weight is 374 g/mol. The highest BCUT2D eigenvalue weighted by Crippen LogP contribution is 2.21. The third-order valence-corrected chi connectivity index (χ3v) is 4.69. The van der Waals surface area contributed by atoms with Gasteiger partial charge in [0.1, 0.15) is 22.2 Å². The molecule has 3 aromatic rings. The lowest BCUT2D eigenvalue weighted by atomic mass is 10.3. The summed E-state index contributed by atoms with van der Waals surface area (Å²) in [7, 11) is -3.78. The second-order valence-corrected chi connectivity index (χ2v) is 7.07. The average Bonchev–Trinajstić information content (AvgIpc) is 3.01. The van der Waals surface area contributed by atoms with Crippen LogP contribution < -0.4 is 14.8 Å². The van der Waals surface area contributed by atoms with Crippen LogP contribution in [-0.4, -0.2) is 25.2 Å². The zero-order valence-electron chi connectivity index (χ0n) is 14.3. The van der Waals surface area contributed by atoms with Crippen LogP contribution in [-0.2, 0) is 10.0 Å². The molecule has 136 valence electrons. The summed E-state index contributed by atoms with van der Waals surface area (Å²) in [6.45, 7) is 4.20. The molecule has 0 atom stereocenters. The van der Waals surface area contributed by atoms with Crippen molar-refractivity contribution >= 4 is 27.3 Å². The largest absolute Gasteiger partial charge is 0.494 e. The highest BCUT2D eigenvalue weighted by molar-refractivity contribution is 7.92. The van der Waals surface area contributed by atoms with E-state index in [0.29, 0.717) is 18.2 Å². The normalized spacial score (nSPS) is 11.2. The second-order valence-electron chi connectivity index (χ2n) is 5.39. The van der Waals surface area contributed by atoms with E-state index in [0.717, 1.165) is 11.4 Å². The Hall–Kier alpha value is -3.07. The van der Waals surface area contributed by atoms with Crippen LogP contribution in [0.5, 0.6) is 5.75 Å². The molecular weight excluding hydrogens is 356 g/mol. The number of benzene rings is 1. The Labute approximate surface area is 151 Å². The van der Waals surface area contributed by atoms with Gasteiger partial charge in [0.05, 0.1) is 6.61 Å². The third kappa shape index (κ3) is 4.31. The molecule has 26 heavy (non-hydrogen) atoms. The van der Waals surface area contributed by atoms with Gasteiger partial charge in [0, 0.05) is 18.0 Å². The fourth-order valence-corrected chi connectivity index (χ4v) is 3.10. The van der Waals surface area contributed by atoms with Gasteiger partial charge in [-0.15, -0.1) is 0 Å². The van der Waals surface area contributed by atoms with Crippen molar-refractivity contribution in [2.75, 3.05) is 16.6 Å². The van der Waals surface area contributed by atoms with Gasteiger partial charge in [-0.1, -0.05) is 5.16 Å². The summed E-state index contributed by atoms with van der Waals surface area (Å²) in [5.41, 5.74) is 0.813. The first-order valence-corrected chi connectivity index (χ1v) is 9.36. The summed E-state index contributed by atoms with van der Waals surface area (Å²) in [5, 5.41) is 6.71. The van der Waals surface area contributed by atoms with Crippen molar-refractivity contribution in [3.05, 3.63) is 54.4 Å². The monoisotopic (exact) mass is 374 g/mol. The number of anilines is 3. The Kier molecular flexibility index (Phi) is 5.08. The van der Waals surface area contributed by atoms with Gasteiger partial charge in [-0.2, -0.15) is 0 Å². The lowest BCUT2D eigenvalue weighted by Crippen LogP contribution is -2.13. The predicted octanol–water partition coefficient (Wildman–Crippen LogP) is 3.32. The van der Waals surface area contributed by atoms with E-state index in [4.69, 9.17) is 9.26 Å². The van der Waals surface area contributed by atoms with Crippen LogP contribution in [0.25, 0.3) is 0 Å². The van der Waals surface area contributed by atoms with Crippen molar-refractivity contribution in [3.8, 4) is 5.75 Å². The second kappa shape index (κ2) is 7.44. The zero-order chi connectivity index (χ0) is 18.6. The maximum absolute atomic E-state index is 12.3. The van der Waals surface area contributed by atoms with Gasteiger partial charge in [0.15, 0.2) is 5.82 Å². The van der Waals surface area contributed by atoms with Crippen LogP contribution in [0.15, 0.2) is 58.1 Å². The summed E-state index contributed by atoms with van der Waals surface area (Å²) in [4.78, 5) is 4.16. The molecule has 8 nitrogen and oxygen atoms in total. The number of sulfonamides is 1. The number of hydrogen-bond donors (Lipinski definition) is 2. The van der Waals surface area contributed by atoms with Gasteiger partial charge in [-0.3, -0.25) is 4.72 Å². The van der Waals surface area contributed by atoms with Crippen LogP contribution in [0, 0.1) is 6.92 Å². The van der Waals surface area contributed by atoms with Crippen LogP contribution in [0.4, 0.5) is 17.3 Å². The van der Waals surface area contributed by atoms with Gasteiger partial charge < -0.3 is 14.6 Å². The van der Waals surface area contributed by atoms with E-state index >= 15 is 0 Å². The fraction of sp³-hybridized carbons (Fsp3) is 0.176. The van der Waals surface area contributed by atoms with E-state index in [2.05, 4.69) is 20.2 Å². The number of aryl methyl sites for hydroxylation is 1. The SMILES string of the molecule is CCOc1ccc(Nc2ccc(S(=O)(=O)Nc3cc(C)on3)cn2)cc1. The Morgan fingerprint density at radius 2 is 1.88 bits per heavy atom. The summed E-state index contributed by atoms with van der Waals surface area (Å²) in [5.74, 6) is 1.93. The number of aromatic nitrogens is 2. The molecule has 2 N–H and O–H groups in total. The first-order chi connectivity index (χ1) is 12.5. The molecule has 0 saturated heterocycles. The highest BCUT2D eigenvalue weighted by atomic mass is 32.2. The number of nitrogens with one attached hydrogen (secondary N) is 2. The first-order valence-electron chi connectivity index (χ1n) is 7.88. The van der Waals surface area contributed by atoms with E-state index < -0.39 is 10.0 Å². The van der Waals surface area contributed by atoms with Crippen molar-refractivity contribution in [1.29, 1.82) is 0 Å². The van der Waals surface area contributed by atoms with E-state index in [-0.39, 0.29) is 10.7 Å². The minimum Gasteiger partial charge on any atom is -0.494 e. The Morgan fingerprint density at radius 3 is 2.46 bits per heavy atom. The van der Waals surface area contributed by atoms with E-state index in [1.54, 1.807) is 13.0 Å². The number of pyridine rings is 1. The number of rotatable bonds is 7. The van der Waals surface area contributed by atoms with Crippen molar-refractivity contribution in [1.82, 2.24) is 10.1 Å². The van der Waals surface area contributed by atoms with Gasteiger partial charge in [-0.25, -0.2) is 13.4 Å². The molecular formula is C17H18N4O4S. The minimum absolute atomic E-state index is 0.0235. The molecule has 0 saturated carbocycles. The fourth-order valence-electron chi connectivity index (χ4n) is 2.17. The summed E-state index contributed by atoms with van der Waals surface area (Å²) < 4.78 is 37.2. The Balaban J connectivity index is 1.69. The summed E-state index contributed by atoms with van der Waals surface area (Å²) >= 11 is 0. The van der Waals surface area contributed by atoms with Gasteiger partial charge in [0.2, 0.25) is 0 Å². The molecule has 0 radical (unpaired) electrons. The highest BCUT2D eigenvalue weighted by Gasteiger charge is 2.16. The van der Waals surface area contributed by atoms with Crippen molar-refractivity contribution in [2.24, 2.45) is 0 Å². The van der Waals surface area contributed by atoms with Crippen LogP contribution in [0.1, 0.15) is 12.7 Å². The van der Waals surface area contributed by atoms with Crippen LogP contribution in [0.3, 0.4) is 0 Å². The van der Waals surface area contributed by atoms with Crippen molar-refractivity contribution in [2.45, 2.75) is 18.7 Å². The first kappa shape index (κ1) is 17.7. The molecule has 0 unspecified atom stereocenters. The molecule has 0 aliphatic heterocycles. The molecule has 3 rings (SSSR count). The quantitative estimate of drug-likeness (QED) is 0.653. The third-order valence-electron chi connectivity index (χ3n) is 3.35. The Morgan fingerprint density at radius 1 is 1.12 bits per heavy atom. The van der Waals surface area contributed by atoms with E-state index in [1.807, 2.05) is 31.2 Å². The molecule has 0 aliphatic carbocycles. The van der Waals surface area contributed by atoms with Gasteiger partial charge in [-0.05, 0) is 50.2 Å². The molecule has 0 amide bonds. The predicted molar refractivity (Wildman–Crippen MR) is 97.2 cm³/mol. The molecule has 0 aliphatic rings. The standard InChI is InChI=1S/C17H18N4O4S/c1-3-24-14-6-4-13(5-7-14)19-16-9-8-15(11-18-16)26(22,23)21-17-10-12(2)25-20-17/h4-11H,3H2,1-2H3,(H,18,19)(H,20,21). The smallest absolute Gasteiger partial charge is 0.264 e. The van der Waals surface area contributed by atoms with Gasteiger partial charge in [0.25, 0.3) is 10.0 Å². The number of nitrogens with zero attached hydrogens (tertiary/aromatic N) is 2. The van der Waals surface area contributed by atoms with Gasteiger partial charge >= 0.3 is 0 Å². The lowest BCUT2D eigenvalue weighted by molar-refractivity contribution is 0.340. The summed E-state index contributed by atoms with van der Waals surface area (Å²) in [6.07, 6.45) is 1.27. The topological polar surface area (TPSA) is 106 Å². The maximum Gasteiger partial charge on any atom is 0.264 e. The zero-order valence-corrected chi connectivity index (χ0v) is 15.1.